The quantitative estimate of drug-likeness (QED) is 0.659. The van der Waals surface area contributed by atoms with Crippen molar-refractivity contribution in [2.45, 2.75) is 51.9 Å². The molecule has 1 N–H and O–H groups in total. The standard InChI is InChI=1S/C26H31ClN2O2/c1-18-14-19(17-23(27)15-18)16-22-8-4-5-9-24(22)28-25(30)20-10-12-29(13-11-20)26(31)21-6-2-3-7-21/h4-5,8-9,14-15,17,20-21H,2-3,6-7,10-13,16H2,1H3,(H,28,30). The van der Waals surface area contributed by atoms with E-state index >= 15 is 0 Å². The van der Waals surface area contributed by atoms with Crippen molar-refractivity contribution in [3.05, 3.63) is 64.2 Å². The van der Waals surface area contributed by atoms with Crippen molar-refractivity contribution in [3.63, 3.8) is 0 Å². The first kappa shape index (κ1) is 21.9. The maximum atomic E-state index is 13.0. The zero-order chi connectivity index (χ0) is 21.8. The van der Waals surface area contributed by atoms with E-state index in [1.807, 2.05) is 42.2 Å². The van der Waals surface area contributed by atoms with Crippen LogP contribution in [-0.4, -0.2) is 29.8 Å². The highest BCUT2D eigenvalue weighted by Crippen LogP contribution is 2.29. The number of hydrogen-bond acceptors (Lipinski definition) is 2. The van der Waals surface area contributed by atoms with Gasteiger partial charge in [0, 0.05) is 35.6 Å². The number of hydrogen-bond donors (Lipinski definition) is 1. The Balaban J connectivity index is 1.36. The van der Waals surface area contributed by atoms with E-state index in [0.29, 0.717) is 25.4 Å². The lowest BCUT2D eigenvalue weighted by molar-refractivity contribution is -0.138. The molecule has 1 heterocycles. The Labute approximate surface area is 190 Å². The van der Waals surface area contributed by atoms with E-state index in [4.69, 9.17) is 11.6 Å². The second-order valence-electron chi connectivity index (χ2n) is 9.04. The Bertz CT molecular complexity index is 924. The number of amides is 2. The highest BCUT2D eigenvalue weighted by atomic mass is 35.5. The summed E-state index contributed by atoms with van der Waals surface area (Å²) in [6.45, 7) is 3.42. The third kappa shape index (κ3) is 5.48. The minimum atomic E-state index is -0.0471. The van der Waals surface area contributed by atoms with Crippen LogP contribution in [0.2, 0.25) is 5.02 Å². The number of aryl methyl sites for hydroxylation is 1. The van der Waals surface area contributed by atoms with Crippen LogP contribution in [-0.2, 0) is 16.0 Å². The number of benzene rings is 2. The zero-order valence-electron chi connectivity index (χ0n) is 18.2. The highest BCUT2D eigenvalue weighted by Gasteiger charge is 2.32. The molecule has 2 aromatic rings. The lowest BCUT2D eigenvalue weighted by atomic mass is 9.94. The fraction of sp³-hybridized carbons (Fsp3) is 0.462. The number of piperidine rings is 1. The van der Waals surface area contributed by atoms with Crippen LogP contribution in [0.25, 0.3) is 0 Å². The normalized spacial score (nSPS) is 17.7. The van der Waals surface area contributed by atoms with Gasteiger partial charge in [0.15, 0.2) is 0 Å². The molecule has 5 heteroatoms. The number of para-hydroxylation sites is 1. The first-order chi connectivity index (χ1) is 15.0. The van der Waals surface area contributed by atoms with Gasteiger partial charge in [-0.1, -0.05) is 48.7 Å². The van der Waals surface area contributed by atoms with E-state index in [1.54, 1.807) is 0 Å². The molecule has 1 aliphatic carbocycles. The largest absolute Gasteiger partial charge is 0.342 e. The van der Waals surface area contributed by atoms with Gasteiger partial charge in [0.2, 0.25) is 11.8 Å². The van der Waals surface area contributed by atoms with Gasteiger partial charge < -0.3 is 10.2 Å². The molecule has 164 valence electrons. The summed E-state index contributed by atoms with van der Waals surface area (Å²) < 4.78 is 0. The smallest absolute Gasteiger partial charge is 0.227 e. The van der Waals surface area contributed by atoms with Crippen LogP contribution in [0.3, 0.4) is 0 Å². The van der Waals surface area contributed by atoms with Crippen LogP contribution in [0.5, 0.6) is 0 Å². The van der Waals surface area contributed by atoms with Gasteiger partial charge in [-0.3, -0.25) is 9.59 Å². The highest BCUT2D eigenvalue weighted by molar-refractivity contribution is 6.30. The van der Waals surface area contributed by atoms with Gasteiger partial charge in [0.05, 0.1) is 0 Å². The van der Waals surface area contributed by atoms with Crippen LogP contribution in [0, 0.1) is 18.8 Å². The Morgan fingerprint density at radius 1 is 1.00 bits per heavy atom. The van der Waals surface area contributed by atoms with Gasteiger partial charge in [-0.2, -0.15) is 0 Å². The predicted octanol–water partition coefficient (Wildman–Crippen LogP) is 5.61. The Hall–Kier alpha value is -2.33. The summed E-state index contributed by atoms with van der Waals surface area (Å²) in [5.41, 5.74) is 4.19. The number of nitrogens with one attached hydrogen (secondary N) is 1. The molecule has 0 atom stereocenters. The minimum Gasteiger partial charge on any atom is -0.342 e. The van der Waals surface area contributed by atoms with E-state index < -0.39 is 0 Å². The van der Waals surface area contributed by atoms with Crippen molar-refractivity contribution in [1.82, 2.24) is 4.90 Å². The first-order valence-electron chi connectivity index (χ1n) is 11.4. The second-order valence-corrected chi connectivity index (χ2v) is 9.48. The fourth-order valence-electron chi connectivity index (χ4n) is 4.96. The number of carbonyl (C=O) groups is 2. The first-order valence-corrected chi connectivity index (χ1v) is 11.8. The van der Waals surface area contributed by atoms with Crippen LogP contribution in [0.1, 0.15) is 55.2 Å². The van der Waals surface area contributed by atoms with Crippen LogP contribution in [0.15, 0.2) is 42.5 Å². The van der Waals surface area contributed by atoms with Gasteiger partial charge in [-0.05, 0) is 73.9 Å². The minimum absolute atomic E-state index is 0.0471. The molecule has 2 fully saturated rings. The average Bonchev–Trinajstić information content (AvgIpc) is 3.29. The molecular weight excluding hydrogens is 408 g/mol. The number of carbonyl (C=O) groups excluding carboxylic acids is 2. The molecule has 4 rings (SSSR count). The van der Waals surface area contributed by atoms with Crippen molar-refractivity contribution in [1.29, 1.82) is 0 Å². The van der Waals surface area contributed by atoms with Gasteiger partial charge in [-0.15, -0.1) is 0 Å². The number of likely N-dealkylation sites (tertiary alicyclic amines) is 1. The summed E-state index contributed by atoms with van der Waals surface area (Å²) in [7, 11) is 0. The maximum absolute atomic E-state index is 13.0. The van der Waals surface area contributed by atoms with Crippen molar-refractivity contribution in [3.8, 4) is 0 Å². The predicted molar refractivity (Wildman–Crippen MR) is 125 cm³/mol. The Morgan fingerprint density at radius 3 is 2.42 bits per heavy atom. The monoisotopic (exact) mass is 438 g/mol. The third-order valence-corrected chi connectivity index (χ3v) is 6.87. The number of rotatable bonds is 5. The van der Waals surface area contributed by atoms with E-state index in [0.717, 1.165) is 53.1 Å². The fourth-order valence-corrected chi connectivity index (χ4v) is 5.27. The van der Waals surface area contributed by atoms with E-state index in [1.165, 1.54) is 12.8 Å². The van der Waals surface area contributed by atoms with Gasteiger partial charge >= 0.3 is 0 Å². The van der Waals surface area contributed by atoms with Crippen molar-refractivity contribution in [2.24, 2.45) is 11.8 Å². The second kappa shape index (κ2) is 9.86. The van der Waals surface area contributed by atoms with Crippen LogP contribution < -0.4 is 5.32 Å². The summed E-state index contributed by atoms with van der Waals surface area (Å²) in [4.78, 5) is 27.6. The third-order valence-electron chi connectivity index (χ3n) is 6.65. The molecule has 4 nitrogen and oxygen atoms in total. The topological polar surface area (TPSA) is 49.4 Å². The van der Waals surface area contributed by atoms with Crippen molar-refractivity contribution in [2.75, 3.05) is 18.4 Å². The molecule has 0 spiro atoms. The molecule has 2 aliphatic rings. The van der Waals surface area contributed by atoms with E-state index in [-0.39, 0.29) is 17.7 Å². The summed E-state index contributed by atoms with van der Waals surface area (Å²) in [6.07, 6.45) is 6.59. The lowest BCUT2D eigenvalue weighted by Gasteiger charge is -2.33. The van der Waals surface area contributed by atoms with E-state index in [9.17, 15) is 9.59 Å². The Morgan fingerprint density at radius 2 is 1.71 bits per heavy atom. The van der Waals surface area contributed by atoms with Gasteiger partial charge in [0.25, 0.3) is 0 Å². The molecule has 0 bridgehead atoms. The summed E-state index contributed by atoms with van der Waals surface area (Å²) >= 11 is 6.22. The van der Waals surface area contributed by atoms with Crippen LogP contribution >= 0.6 is 11.6 Å². The summed E-state index contributed by atoms with van der Waals surface area (Å²) in [5.74, 6) is 0.530. The number of anilines is 1. The number of nitrogens with zero attached hydrogens (tertiary/aromatic N) is 1. The number of halogens is 1. The van der Waals surface area contributed by atoms with Crippen molar-refractivity contribution >= 4 is 29.1 Å². The molecular formula is C26H31ClN2O2. The molecule has 0 unspecified atom stereocenters. The van der Waals surface area contributed by atoms with Crippen LogP contribution in [0.4, 0.5) is 5.69 Å². The molecule has 2 aromatic carbocycles. The SMILES string of the molecule is Cc1cc(Cl)cc(Cc2ccccc2NC(=O)C2CCN(C(=O)C3CCCC3)CC2)c1. The molecule has 31 heavy (non-hydrogen) atoms. The maximum Gasteiger partial charge on any atom is 0.227 e. The summed E-state index contributed by atoms with van der Waals surface area (Å²) in [5, 5.41) is 3.89. The molecule has 1 saturated heterocycles. The van der Waals surface area contributed by atoms with E-state index in [2.05, 4.69) is 17.4 Å². The molecule has 1 saturated carbocycles. The van der Waals surface area contributed by atoms with Gasteiger partial charge in [-0.25, -0.2) is 0 Å². The average molecular weight is 439 g/mol. The molecule has 0 aromatic heterocycles. The molecule has 1 aliphatic heterocycles. The lowest BCUT2D eigenvalue weighted by Crippen LogP contribution is -2.43. The zero-order valence-corrected chi connectivity index (χ0v) is 19.0. The summed E-state index contributed by atoms with van der Waals surface area (Å²) in [6, 6.07) is 14.0. The van der Waals surface area contributed by atoms with Gasteiger partial charge in [0.1, 0.15) is 0 Å². The Kier molecular flexibility index (Phi) is 6.96. The molecule has 0 radical (unpaired) electrons. The molecule has 2 amide bonds. The van der Waals surface area contributed by atoms with Crippen molar-refractivity contribution < 1.29 is 9.59 Å².